The molecule has 1 aliphatic heterocycles. The van der Waals surface area contributed by atoms with Gasteiger partial charge in [-0.15, -0.1) is 0 Å². The SMILES string of the molecule is COc1c(C=NO)c(CCN(C)C(=S)NCCc2ccccc2)cc2c1OCO2. The molecule has 7 nitrogen and oxygen atoms in total. The first-order chi connectivity index (χ1) is 14.1. The molecule has 1 aliphatic rings. The normalized spacial score (nSPS) is 12.2. The smallest absolute Gasteiger partial charge is 0.231 e. The fourth-order valence-corrected chi connectivity index (χ4v) is 3.36. The van der Waals surface area contributed by atoms with Gasteiger partial charge in [0, 0.05) is 25.7 Å². The maximum absolute atomic E-state index is 9.07. The van der Waals surface area contributed by atoms with Gasteiger partial charge in [0.05, 0.1) is 13.3 Å². The fraction of sp³-hybridized carbons (Fsp3) is 0.333. The number of hydrogen-bond donors (Lipinski definition) is 2. The van der Waals surface area contributed by atoms with Crippen molar-refractivity contribution in [1.82, 2.24) is 10.2 Å². The van der Waals surface area contributed by atoms with E-state index in [2.05, 4.69) is 22.6 Å². The third-order valence-electron chi connectivity index (χ3n) is 4.73. The molecule has 0 bridgehead atoms. The van der Waals surface area contributed by atoms with Gasteiger partial charge in [0.25, 0.3) is 0 Å². The molecule has 0 spiro atoms. The van der Waals surface area contributed by atoms with Gasteiger partial charge >= 0.3 is 0 Å². The van der Waals surface area contributed by atoms with Gasteiger partial charge in [0.1, 0.15) is 0 Å². The average Bonchev–Trinajstić information content (AvgIpc) is 3.21. The largest absolute Gasteiger partial charge is 0.492 e. The third kappa shape index (κ3) is 5.08. The number of likely N-dealkylation sites (N-methyl/N-ethyl adjacent to an activating group) is 1. The molecular weight excluding hydrogens is 390 g/mol. The first-order valence-corrected chi connectivity index (χ1v) is 9.74. The summed E-state index contributed by atoms with van der Waals surface area (Å²) in [5, 5.41) is 16.2. The highest BCUT2D eigenvalue weighted by Crippen LogP contribution is 2.44. The van der Waals surface area contributed by atoms with Crippen LogP contribution >= 0.6 is 12.2 Å². The Balaban J connectivity index is 1.60. The van der Waals surface area contributed by atoms with E-state index in [1.54, 1.807) is 7.11 Å². The minimum absolute atomic E-state index is 0.139. The van der Waals surface area contributed by atoms with Crippen LogP contribution in [0.4, 0.5) is 0 Å². The number of benzene rings is 2. The van der Waals surface area contributed by atoms with Gasteiger partial charge in [-0.3, -0.25) is 0 Å². The van der Waals surface area contributed by atoms with Crippen molar-refractivity contribution in [3.8, 4) is 17.2 Å². The summed E-state index contributed by atoms with van der Waals surface area (Å²) in [6, 6.07) is 12.2. The number of ether oxygens (including phenoxy) is 3. The monoisotopic (exact) mass is 415 g/mol. The molecule has 0 aromatic heterocycles. The zero-order valence-electron chi connectivity index (χ0n) is 16.6. The summed E-state index contributed by atoms with van der Waals surface area (Å²) in [4.78, 5) is 1.98. The van der Waals surface area contributed by atoms with Gasteiger partial charge in [0.15, 0.2) is 16.6 Å². The zero-order chi connectivity index (χ0) is 20.6. The molecule has 2 N–H and O–H groups in total. The van der Waals surface area contributed by atoms with E-state index in [1.807, 2.05) is 36.2 Å². The van der Waals surface area contributed by atoms with Crippen LogP contribution < -0.4 is 19.5 Å². The summed E-state index contributed by atoms with van der Waals surface area (Å²) in [6.45, 7) is 1.58. The third-order valence-corrected chi connectivity index (χ3v) is 5.19. The maximum atomic E-state index is 9.07. The van der Waals surface area contributed by atoms with Crippen molar-refractivity contribution in [1.29, 1.82) is 0 Å². The molecule has 0 saturated heterocycles. The van der Waals surface area contributed by atoms with Crippen molar-refractivity contribution >= 4 is 23.5 Å². The zero-order valence-corrected chi connectivity index (χ0v) is 17.4. The molecule has 1 heterocycles. The van der Waals surface area contributed by atoms with E-state index in [0.29, 0.717) is 40.9 Å². The predicted molar refractivity (Wildman–Crippen MR) is 116 cm³/mol. The van der Waals surface area contributed by atoms with Crippen LogP contribution in [0.25, 0.3) is 0 Å². The fourth-order valence-electron chi connectivity index (χ4n) is 3.17. The summed E-state index contributed by atoms with van der Waals surface area (Å²) >= 11 is 5.50. The first-order valence-electron chi connectivity index (χ1n) is 9.33. The Morgan fingerprint density at radius 1 is 1.31 bits per heavy atom. The number of oxime groups is 1. The summed E-state index contributed by atoms with van der Waals surface area (Å²) < 4.78 is 16.5. The second-order valence-electron chi connectivity index (χ2n) is 6.60. The van der Waals surface area contributed by atoms with Crippen molar-refractivity contribution in [2.24, 2.45) is 5.16 Å². The number of rotatable bonds is 8. The standard InChI is InChI=1S/C21H25N3O4S/c1-24(21(29)22-10-8-15-6-4-3-5-7-15)11-9-16-12-18-20(28-14-27-18)19(26-2)17(16)13-23-25/h3-7,12-13,25H,8-11,14H2,1-2H3,(H,22,29). The molecule has 2 aromatic carbocycles. The summed E-state index contributed by atoms with van der Waals surface area (Å²) in [6.07, 6.45) is 2.92. The number of thiocarbonyl (C=S) groups is 1. The maximum Gasteiger partial charge on any atom is 0.231 e. The molecule has 0 radical (unpaired) electrons. The highest BCUT2D eigenvalue weighted by Gasteiger charge is 2.24. The van der Waals surface area contributed by atoms with E-state index in [-0.39, 0.29) is 6.79 Å². The first kappa shape index (κ1) is 20.7. The Hall–Kier alpha value is -3.00. The molecule has 0 atom stereocenters. The molecule has 29 heavy (non-hydrogen) atoms. The lowest BCUT2D eigenvalue weighted by Gasteiger charge is -2.22. The summed E-state index contributed by atoms with van der Waals surface area (Å²) in [5.41, 5.74) is 2.85. The summed E-state index contributed by atoms with van der Waals surface area (Å²) in [5.74, 6) is 1.65. The predicted octanol–water partition coefficient (Wildman–Crippen LogP) is 2.82. The van der Waals surface area contributed by atoms with Crippen molar-refractivity contribution in [3.63, 3.8) is 0 Å². The van der Waals surface area contributed by atoms with Gasteiger partial charge in [-0.25, -0.2) is 0 Å². The number of hydrogen-bond acceptors (Lipinski definition) is 6. The molecule has 0 fully saturated rings. The molecule has 154 valence electrons. The van der Waals surface area contributed by atoms with Crippen LogP contribution in [-0.2, 0) is 12.8 Å². The van der Waals surface area contributed by atoms with Gasteiger partial charge in [-0.2, -0.15) is 0 Å². The van der Waals surface area contributed by atoms with E-state index in [4.69, 9.17) is 31.6 Å². The van der Waals surface area contributed by atoms with Crippen molar-refractivity contribution < 1.29 is 19.4 Å². The Morgan fingerprint density at radius 3 is 2.83 bits per heavy atom. The lowest BCUT2D eigenvalue weighted by Crippen LogP contribution is -2.39. The minimum Gasteiger partial charge on any atom is -0.492 e. The molecule has 0 saturated carbocycles. The average molecular weight is 416 g/mol. The molecule has 2 aromatic rings. The number of nitrogens with zero attached hydrogens (tertiary/aromatic N) is 2. The number of fused-ring (bicyclic) bond motifs is 1. The van der Waals surface area contributed by atoms with Crippen molar-refractivity contribution in [2.75, 3.05) is 34.0 Å². The quantitative estimate of drug-likeness (QED) is 0.297. The summed E-state index contributed by atoms with van der Waals surface area (Å²) in [7, 11) is 3.50. The molecule has 8 heteroatoms. The molecule has 3 rings (SSSR count). The van der Waals surface area contributed by atoms with Crippen molar-refractivity contribution in [3.05, 3.63) is 53.1 Å². The molecule has 0 unspecified atom stereocenters. The second kappa shape index (κ2) is 9.97. The van der Waals surface area contributed by atoms with Crippen LogP contribution in [0.3, 0.4) is 0 Å². The lowest BCUT2D eigenvalue weighted by molar-refractivity contribution is 0.171. The van der Waals surface area contributed by atoms with Gasteiger partial charge in [-0.05, 0) is 42.3 Å². The number of nitrogens with one attached hydrogen (secondary N) is 1. The molecular formula is C21H25N3O4S. The lowest BCUT2D eigenvalue weighted by atomic mass is 10.0. The van der Waals surface area contributed by atoms with Gasteiger partial charge < -0.3 is 29.6 Å². The van der Waals surface area contributed by atoms with Crippen LogP contribution in [0, 0.1) is 0 Å². The van der Waals surface area contributed by atoms with E-state index in [1.165, 1.54) is 11.8 Å². The Morgan fingerprint density at radius 2 is 2.10 bits per heavy atom. The van der Waals surface area contributed by atoms with Crippen LogP contribution in [-0.4, -0.2) is 55.5 Å². The van der Waals surface area contributed by atoms with E-state index in [9.17, 15) is 0 Å². The van der Waals surface area contributed by atoms with Crippen LogP contribution in [0.5, 0.6) is 17.2 Å². The second-order valence-corrected chi connectivity index (χ2v) is 6.99. The van der Waals surface area contributed by atoms with Gasteiger partial charge in [-0.1, -0.05) is 35.5 Å². The van der Waals surface area contributed by atoms with Crippen LogP contribution in [0.1, 0.15) is 16.7 Å². The minimum atomic E-state index is 0.139. The highest BCUT2D eigenvalue weighted by atomic mass is 32.1. The Bertz CT molecular complexity index is 874. The van der Waals surface area contributed by atoms with Crippen molar-refractivity contribution in [2.45, 2.75) is 12.8 Å². The van der Waals surface area contributed by atoms with E-state index in [0.717, 1.165) is 18.5 Å². The Kier molecular flexibility index (Phi) is 7.13. The highest BCUT2D eigenvalue weighted by molar-refractivity contribution is 7.80. The topological polar surface area (TPSA) is 75.6 Å². The number of methoxy groups -OCH3 is 1. The molecule has 0 amide bonds. The van der Waals surface area contributed by atoms with Gasteiger partial charge in [0.2, 0.25) is 12.5 Å². The van der Waals surface area contributed by atoms with Crippen LogP contribution in [0.15, 0.2) is 41.6 Å². The molecule has 0 aliphatic carbocycles. The Labute approximate surface area is 175 Å². The van der Waals surface area contributed by atoms with Crippen LogP contribution in [0.2, 0.25) is 0 Å². The van der Waals surface area contributed by atoms with E-state index < -0.39 is 0 Å². The van der Waals surface area contributed by atoms with E-state index >= 15 is 0 Å².